The average Bonchev–Trinajstić information content (AvgIpc) is 2.73. The quantitative estimate of drug-likeness (QED) is 0.481. The van der Waals surface area contributed by atoms with Crippen molar-refractivity contribution in [1.82, 2.24) is 0 Å². The van der Waals surface area contributed by atoms with Gasteiger partial charge in [-0.2, -0.15) is 0 Å². The molecule has 0 unspecified atom stereocenters. The van der Waals surface area contributed by atoms with Gasteiger partial charge in [-0.05, 0) is 34.7 Å². The molecule has 0 saturated heterocycles. The van der Waals surface area contributed by atoms with Crippen molar-refractivity contribution in [2.45, 2.75) is 32.2 Å². The zero-order valence-corrected chi connectivity index (χ0v) is 15.8. The zero-order chi connectivity index (χ0) is 19.3. The van der Waals surface area contributed by atoms with E-state index in [9.17, 15) is 9.90 Å². The first-order valence-electron chi connectivity index (χ1n) is 9.72. The lowest BCUT2D eigenvalue weighted by Gasteiger charge is -2.18. The van der Waals surface area contributed by atoms with Gasteiger partial charge in [0.2, 0.25) is 0 Å². The first kappa shape index (κ1) is 18.2. The van der Waals surface area contributed by atoms with Crippen molar-refractivity contribution in [2.24, 2.45) is 4.99 Å². The molecule has 3 aromatic carbocycles. The number of aliphatic hydroxyl groups is 1. The van der Waals surface area contributed by atoms with Gasteiger partial charge in [0.25, 0.3) is 0 Å². The second-order valence-electron chi connectivity index (χ2n) is 7.16. The third kappa shape index (κ3) is 3.89. The van der Waals surface area contributed by atoms with Crippen LogP contribution in [-0.2, 0) is 17.8 Å². The highest BCUT2D eigenvalue weighted by Crippen LogP contribution is 2.26. The summed E-state index contributed by atoms with van der Waals surface area (Å²) in [6.07, 6.45) is 2.33. The van der Waals surface area contributed by atoms with Crippen LogP contribution in [0.25, 0.3) is 10.8 Å². The van der Waals surface area contributed by atoms with Gasteiger partial charge in [-0.25, -0.2) is 0 Å². The first-order valence-corrected chi connectivity index (χ1v) is 9.72. The first-order chi connectivity index (χ1) is 13.7. The van der Waals surface area contributed by atoms with E-state index in [0.717, 1.165) is 40.5 Å². The lowest BCUT2D eigenvalue weighted by Crippen LogP contribution is -2.22. The summed E-state index contributed by atoms with van der Waals surface area (Å²) in [5.41, 5.74) is 3.28. The van der Waals surface area contributed by atoms with Crippen molar-refractivity contribution in [3.05, 3.63) is 95.3 Å². The topological polar surface area (TPSA) is 49.7 Å². The Balaban J connectivity index is 1.67. The van der Waals surface area contributed by atoms with E-state index in [0.29, 0.717) is 25.0 Å². The van der Waals surface area contributed by atoms with Crippen LogP contribution in [0.1, 0.15) is 30.4 Å². The number of hydrogen-bond donors (Lipinski definition) is 1. The number of fused-ring (bicyclic) bond motifs is 1. The Morgan fingerprint density at radius 1 is 0.893 bits per heavy atom. The summed E-state index contributed by atoms with van der Waals surface area (Å²) in [4.78, 5) is 17.3. The van der Waals surface area contributed by atoms with Gasteiger partial charge in [-0.15, -0.1) is 0 Å². The van der Waals surface area contributed by atoms with Gasteiger partial charge in [0.05, 0.1) is 12.1 Å². The van der Waals surface area contributed by atoms with Crippen molar-refractivity contribution in [3.63, 3.8) is 0 Å². The number of hydrogen-bond acceptors (Lipinski definition) is 3. The van der Waals surface area contributed by atoms with Gasteiger partial charge in [-0.3, -0.25) is 9.79 Å². The number of nitrogens with zero attached hydrogens (tertiary/aromatic N) is 1. The van der Waals surface area contributed by atoms with E-state index in [1.54, 1.807) is 0 Å². The van der Waals surface area contributed by atoms with Gasteiger partial charge >= 0.3 is 0 Å². The second kappa shape index (κ2) is 8.22. The highest BCUT2D eigenvalue weighted by molar-refractivity contribution is 6.24. The molecular weight excluding hydrogens is 346 g/mol. The highest BCUT2D eigenvalue weighted by Gasteiger charge is 2.25. The van der Waals surface area contributed by atoms with Crippen molar-refractivity contribution >= 4 is 22.3 Å². The fourth-order valence-corrected chi connectivity index (χ4v) is 3.80. The number of carbonyl (C=O) groups is 1. The fourth-order valence-electron chi connectivity index (χ4n) is 3.80. The van der Waals surface area contributed by atoms with Crippen molar-refractivity contribution in [3.8, 4) is 0 Å². The zero-order valence-electron chi connectivity index (χ0n) is 15.8. The molecule has 0 amide bonds. The highest BCUT2D eigenvalue weighted by atomic mass is 16.3. The van der Waals surface area contributed by atoms with Gasteiger partial charge in [0.1, 0.15) is 5.76 Å². The van der Waals surface area contributed by atoms with Crippen molar-refractivity contribution in [1.29, 1.82) is 0 Å². The SMILES string of the molecule is O=C1CCCC(=NCc2ccccc2)/C1=C(/O)Cc1cccc2ccccc12. The van der Waals surface area contributed by atoms with Crippen LogP contribution >= 0.6 is 0 Å². The van der Waals surface area contributed by atoms with E-state index in [2.05, 4.69) is 23.2 Å². The lowest BCUT2D eigenvalue weighted by molar-refractivity contribution is -0.115. The molecule has 3 aromatic rings. The molecule has 1 fully saturated rings. The van der Waals surface area contributed by atoms with E-state index in [4.69, 9.17) is 0 Å². The molecule has 0 spiro atoms. The predicted molar refractivity (Wildman–Crippen MR) is 114 cm³/mol. The number of Topliss-reactive ketones (excluding diaryl/α,β-unsaturated/α-hetero) is 1. The van der Waals surface area contributed by atoms with Crippen LogP contribution in [0.15, 0.2) is 89.1 Å². The molecule has 1 aliphatic carbocycles. The molecule has 0 aromatic heterocycles. The maximum absolute atomic E-state index is 12.6. The predicted octanol–water partition coefficient (Wildman–Crippen LogP) is 5.59. The Kier molecular flexibility index (Phi) is 5.34. The number of aliphatic hydroxyl groups excluding tert-OH is 1. The van der Waals surface area contributed by atoms with Gasteiger partial charge < -0.3 is 5.11 Å². The standard InChI is InChI=1S/C25H23NO2/c27-23-15-7-14-22(26-17-18-8-2-1-3-9-18)25(23)24(28)16-20-12-6-11-19-10-4-5-13-21(19)20/h1-6,8-13,28H,7,14-17H2/b25-24-,26-22?. The lowest BCUT2D eigenvalue weighted by atomic mass is 9.88. The van der Waals surface area contributed by atoms with Crippen LogP contribution in [0.4, 0.5) is 0 Å². The van der Waals surface area contributed by atoms with Crippen molar-refractivity contribution < 1.29 is 9.90 Å². The Bertz CT molecular complexity index is 1060. The molecule has 3 heteroatoms. The molecule has 0 aliphatic heterocycles. The van der Waals surface area contributed by atoms with Gasteiger partial charge in [-0.1, -0.05) is 72.8 Å². The second-order valence-corrected chi connectivity index (χ2v) is 7.16. The van der Waals surface area contributed by atoms with E-state index in [-0.39, 0.29) is 11.5 Å². The minimum absolute atomic E-state index is 0.00389. The molecule has 3 nitrogen and oxygen atoms in total. The van der Waals surface area contributed by atoms with Crippen molar-refractivity contribution in [2.75, 3.05) is 0 Å². The molecular formula is C25H23NO2. The number of rotatable bonds is 4. The van der Waals surface area contributed by atoms with Crippen LogP contribution in [0.5, 0.6) is 0 Å². The Hall–Kier alpha value is -3.20. The van der Waals surface area contributed by atoms with E-state index >= 15 is 0 Å². The summed E-state index contributed by atoms with van der Waals surface area (Å²) in [6.45, 7) is 0.522. The van der Waals surface area contributed by atoms with Crippen LogP contribution in [0, 0.1) is 0 Å². The Labute approximate surface area is 165 Å². The monoisotopic (exact) mass is 369 g/mol. The minimum Gasteiger partial charge on any atom is -0.511 e. The molecule has 1 N–H and O–H groups in total. The molecule has 0 radical (unpaired) electrons. The number of ketones is 1. The molecule has 4 rings (SSSR count). The molecule has 1 aliphatic rings. The van der Waals surface area contributed by atoms with E-state index in [1.807, 2.05) is 54.6 Å². The summed E-state index contributed by atoms with van der Waals surface area (Å²) < 4.78 is 0. The maximum atomic E-state index is 12.6. The normalized spacial score (nSPS) is 17.9. The molecule has 0 atom stereocenters. The molecule has 28 heavy (non-hydrogen) atoms. The summed E-state index contributed by atoms with van der Waals surface area (Å²) in [6, 6.07) is 24.1. The Morgan fingerprint density at radius 3 is 2.50 bits per heavy atom. The number of benzene rings is 3. The Morgan fingerprint density at radius 2 is 1.64 bits per heavy atom. The van der Waals surface area contributed by atoms with Crippen LogP contribution in [0.2, 0.25) is 0 Å². The van der Waals surface area contributed by atoms with Gasteiger partial charge in [0, 0.05) is 18.6 Å². The number of carbonyl (C=O) groups excluding carboxylic acids is 1. The van der Waals surface area contributed by atoms with Crippen LogP contribution in [-0.4, -0.2) is 16.6 Å². The maximum Gasteiger partial charge on any atom is 0.168 e. The van der Waals surface area contributed by atoms with Crippen LogP contribution < -0.4 is 0 Å². The van der Waals surface area contributed by atoms with Crippen LogP contribution in [0.3, 0.4) is 0 Å². The number of allylic oxidation sites excluding steroid dienone is 2. The summed E-state index contributed by atoms with van der Waals surface area (Å²) in [5.74, 6) is 0.128. The average molecular weight is 369 g/mol. The molecule has 0 bridgehead atoms. The third-order valence-corrected chi connectivity index (χ3v) is 5.21. The molecule has 0 heterocycles. The summed E-state index contributed by atoms with van der Waals surface area (Å²) in [7, 11) is 0. The van der Waals surface area contributed by atoms with E-state index in [1.165, 1.54) is 0 Å². The molecule has 140 valence electrons. The summed E-state index contributed by atoms with van der Waals surface area (Å²) >= 11 is 0. The minimum atomic E-state index is -0.00389. The largest absolute Gasteiger partial charge is 0.511 e. The number of aliphatic imine (C=N–C) groups is 1. The third-order valence-electron chi connectivity index (χ3n) is 5.21. The van der Waals surface area contributed by atoms with Gasteiger partial charge in [0.15, 0.2) is 5.78 Å². The fraction of sp³-hybridized carbons (Fsp3) is 0.200. The summed E-state index contributed by atoms with van der Waals surface area (Å²) in [5, 5.41) is 13.1. The molecule has 1 saturated carbocycles. The smallest absolute Gasteiger partial charge is 0.168 e. The van der Waals surface area contributed by atoms with E-state index < -0.39 is 0 Å².